The van der Waals surface area contributed by atoms with Gasteiger partial charge < -0.3 is 16.0 Å². The fraction of sp³-hybridized carbons (Fsp3) is 0.600. The summed E-state index contributed by atoms with van der Waals surface area (Å²) in [6.07, 6.45) is 4.36. The van der Waals surface area contributed by atoms with E-state index in [4.69, 9.17) is 5.73 Å². The molecule has 5 heteroatoms. The summed E-state index contributed by atoms with van der Waals surface area (Å²) >= 11 is 0. The Morgan fingerprint density at radius 1 is 1.60 bits per heavy atom. The molecule has 1 atom stereocenters. The lowest BCUT2D eigenvalue weighted by molar-refractivity contribution is 0.554. The average molecular weight is 208 g/mol. The molecule has 4 N–H and O–H groups in total. The molecule has 2 heterocycles. The van der Waals surface area contributed by atoms with Crippen LogP contribution in [0.5, 0.6) is 0 Å². The molecule has 0 amide bonds. The van der Waals surface area contributed by atoms with Gasteiger partial charge in [-0.3, -0.25) is 0 Å². The van der Waals surface area contributed by atoms with Crippen molar-refractivity contribution in [3.05, 3.63) is 22.2 Å². The molecule has 1 aliphatic heterocycles. The van der Waals surface area contributed by atoms with E-state index in [1.807, 2.05) is 0 Å². The molecule has 1 aliphatic rings. The number of hydrogen-bond acceptors (Lipinski definition) is 4. The standard InChI is InChI=1S/C10H16N4O/c11-9-6-8(13-10(15)14-9)4-3-7-2-1-5-12-7/h6-7,12H,1-5H2,(H3,11,13,14,15). The molecule has 1 saturated heterocycles. The first-order valence-corrected chi connectivity index (χ1v) is 5.33. The van der Waals surface area contributed by atoms with Gasteiger partial charge in [0.2, 0.25) is 0 Å². The van der Waals surface area contributed by atoms with E-state index >= 15 is 0 Å². The van der Waals surface area contributed by atoms with E-state index < -0.39 is 0 Å². The molecule has 0 bridgehead atoms. The van der Waals surface area contributed by atoms with Crippen LogP contribution < -0.4 is 16.7 Å². The van der Waals surface area contributed by atoms with Gasteiger partial charge in [0.1, 0.15) is 5.82 Å². The second-order valence-electron chi connectivity index (χ2n) is 3.97. The first-order valence-electron chi connectivity index (χ1n) is 5.33. The van der Waals surface area contributed by atoms with Crippen molar-refractivity contribution in [1.82, 2.24) is 15.3 Å². The maximum Gasteiger partial charge on any atom is 0.347 e. The topological polar surface area (TPSA) is 83.8 Å². The smallest absolute Gasteiger partial charge is 0.347 e. The van der Waals surface area contributed by atoms with Crippen LogP contribution in [0, 0.1) is 0 Å². The van der Waals surface area contributed by atoms with Crippen molar-refractivity contribution >= 4 is 5.82 Å². The Morgan fingerprint density at radius 3 is 3.13 bits per heavy atom. The number of aromatic amines is 1. The summed E-state index contributed by atoms with van der Waals surface area (Å²) in [4.78, 5) is 17.3. The van der Waals surface area contributed by atoms with Gasteiger partial charge in [-0.15, -0.1) is 0 Å². The van der Waals surface area contributed by atoms with Crippen molar-refractivity contribution in [2.75, 3.05) is 12.3 Å². The van der Waals surface area contributed by atoms with E-state index in [-0.39, 0.29) is 5.69 Å². The molecule has 1 unspecified atom stereocenters. The van der Waals surface area contributed by atoms with E-state index in [1.165, 1.54) is 12.8 Å². The summed E-state index contributed by atoms with van der Waals surface area (Å²) in [6, 6.07) is 2.32. The summed E-state index contributed by atoms with van der Waals surface area (Å²) in [6.45, 7) is 1.11. The van der Waals surface area contributed by atoms with Crippen molar-refractivity contribution in [3.63, 3.8) is 0 Å². The minimum atomic E-state index is -0.357. The Kier molecular flexibility index (Phi) is 3.01. The number of H-pyrrole nitrogens is 1. The van der Waals surface area contributed by atoms with E-state index in [1.54, 1.807) is 6.07 Å². The predicted octanol–water partition coefficient (Wildman–Crippen LogP) is 0.0367. The minimum absolute atomic E-state index is 0.299. The Bertz CT molecular complexity index is 381. The van der Waals surface area contributed by atoms with Crippen LogP contribution in [0.4, 0.5) is 5.82 Å². The number of nitrogen functional groups attached to an aromatic ring is 1. The highest BCUT2D eigenvalue weighted by molar-refractivity contribution is 5.27. The van der Waals surface area contributed by atoms with Gasteiger partial charge in [0.15, 0.2) is 0 Å². The molecule has 0 saturated carbocycles. The van der Waals surface area contributed by atoms with Crippen LogP contribution in [0.15, 0.2) is 10.9 Å². The lowest BCUT2D eigenvalue weighted by atomic mass is 10.1. The van der Waals surface area contributed by atoms with Crippen molar-refractivity contribution in [3.8, 4) is 0 Å². The van der Waals surface area contributed by atoms with Crippen LogP contribution in [-0.4, -0.2) is 22.6 Å². The van der Waals surface area contributed by atoms with Crippen LogP contribution in [0.3, 0.4) is 0 Å². The number of nitrogens with two attached hydrogens (primary N) is 1. The van der Waals surface area contributed by atoms with Gasteiger partial charge in [-0.1, -0.05) is 0 Å². The number of rotatable bonds is 3. The fourth-order valence-electron chi connectivity index (χ4n) is 2.00. The normalized spacial score (nSPS) is 20.7. The van der Waals surface area contributed by atoms with Crippen molar-refractivity contribution < 1.29 is 0 Å². The lowest BCUT2D eigenvalue weighted by Gasteiger charge is -2.09. The number of anilines is 1. The van der Waals surface area contributed by atoms with Gasteiger partial charge >= 0.3 is 5.69 Å². The first-order chi connectivity index (χ1) is 7.24. The SMILES string of the molecule is Nc1cc(CCC2CCCN2)[nH]c(=O)n1. The van der Waals surface area contributed by atoms with E-state index in [2.05, 4.69) is 15.3 Å². The van der Waals surface area contributed by atoms with Crippen LogP contribution in [0.25, 0.3) is 0 Å². The molecule has 0 aromatic carbocycles. The Balaban J connectivity index is 1.95. The largest absolute Gasteiger partial charge is 0.383 e. The molecule has 1 fully saturated rings. The molecule has 0 aliphatic carbocycles. The van der Waals surface area contributed by atoms with Gasteiger partial charge in [-0.05, 0) is 38.3 Å². The highest BCUT2D eigenvalue weighted by atomic mass is 16.1. The van der Waals surface area contributed by atoms with Crippen LogP contribution in [-0.2, 0) is 6.42 Å². The molecular weight excluding hydrogens is 192 g/mol. The van der Waals surface area contributed by atoms with Gasteiger partial charge in [0.25, 0.3) is 0 Å². The number of aryl methyl sites for hydroxylation is 1. The number of nitrogens with zero attached hydrogens (tertiary/aromatic N) is 1. The van der Waals surface area contributed by atoms with E-state index in [9.17, 15) is 4.79 Å². The highest BCUT2D eigenvalue weighted by Gasteiger charge is 2.13. The molecule has 15 heavy (non-hydrogen) atoms. The Morgan fingerprint density at radius 2 is 2.47 bits per heavy atom. The number of aromatic nitrogens is 2. The molecule has 5 nitrogen and oxygen atoms in total. The second kappa shape index (κ2) is 4.44. The van der Waals surface area contributed by atoms with Crippen LogP contribution in [0.1, 0.15) is 25.0 Å². The monoisotopic (exact) mass is 208 g/mol. The summed E-state index contributed by atoms with van der Waals surface area (Å²) in [7, 11) is 0. The van der Waals surface area contributed by atoms with Gasteiger partial charge in [-0.2, -0.15) is 4.98 Å². The molecule has 0 spiro atoms. The highest BCUT2D eigenvalue weighted by Crippen LogP contribution is 2.11. The van der Waals surface area contributed by atoms with Gasteiger partial charge in [0, 0.05) is 11.7 Å². The second-order valence-corrected chi connectivity index (χ2v) is 3.97. The number of hydrogen-bond donors (Lipinski definition) is 3. The quantitative estimate of drug-likeness (QED) is 0.654. The maximum atomic E-state index is 11.0. The summed E-state index contributed by atoms with van der Waals surface area (Å²) in [5, 5.41) is 3.42. The number of nitrogens with one attached hydrogen (secondary N) is 2. The van der Waals surface area contributed by atoms with Crippen LogP contribution in [0.2, 0.25) is 0 Å². The third kappa shape index (κ3) is 2.79. The third-order valence-electron chi connectivity index (χ3n) is 2.74. The lowest BCUT2D eigenvalue weighted by Crippen LogP contribution is -2.22. The molecular formula is C10H16N4O. The maximum absolute atomic E-state index is 11.0. The molecule has 82 valence electrons. The zero-order chi connectivity index (χ0) is 10.7. The summed E-state index contributed by atoms with van der Waals surface area (Å²) in [5.41, 5.74) is 6.02. The molecule has 0 radical (unpaired) electrons. The molecule has 1 aromatic heterocycles. The molecule has 1 aromatic rings. The van der Waals surface area contributed by atoms with Gasteiger partial charge in [-0.25, -0.2) is 4.79 Å². The van der Waals surface area contributed by atoms with Gasteiger partial charge in [0.05, 0.1) is 0 Å². The van der Waals surface area contributed by atoms with Crippen molar-refractivity contribution in [1.29, 1.82) is 0 Å². The third-order valence-corrected chi connectivity index (χ3v) is 2.74. The van der Waals surface area contributed by atoms with E-state index in [0.717, 1.165) is 25.1 Å². The first kappa shape index (κ1) is 10.2. The zero-order valence-electron chi connectivity index (χ0n) is 8.62. The van der Waals surface area contributed by atoms with Crippen LogP contribution >= 0.6 is 0 Å². The van der Waals surface area contributed by atoms with Crippen molar-refractivity contribution in [2.24, 2.45) is 0 Å². The Labute approximate surface area is 88.1 Å². The molecule has 2 rings (SSSR count). The minimum Gasteiger partial charge on any atom is -0.383 e. The van der Waals surface area contributed by atoms with E-state index in [0.29, 0.717) is 11.9 Å². The predicted molar refractivity (Wildman–Crippen MR) is 58.6 cm³/mol. The fourth-order valence-corrected chi connectivity index (χ4v) is 2.00. The zero-order valence-corrected chi connectivity index (χ0v) is 8.62. The Hall–Kier alpha value is -1.36. The summed E-state index contributed by atoms with van der Waals surface area (Å²) < 4.78 is 0. The average Bonchev–Trinajstić information content (AvgIpc) is 2.65. The summed E-state index contributed by atoms with van der Waals surface area (Å²) in [5.74, 6) is 0.299. The van der Waals surface area contributed by atoms with Crippen molar-refractivity contribution in [2.45, 2.75) is 31.7 Å².